The van der Waals surface area contributed by atoms with E-state index < -0.39 is 17.8 Å². The van der Waals surface area contributed by atoms with Gasteiger partial charge in [-0.2, -0.15) is 4.98 Å². The molecular formula is C28H23ClN4O5. The SMILES string of the molecule is COc1ccc(C(C)(C)C)cc1N1C(=O)C(=O)N(c2ccc(Oc3ccnc(Cl)n3)c3ccccc23)C1=O. The summed E-state index contributed by atoms with van der Waals surface area (Å²) in [6, 6.07) is 16.2. The van der Waals surface area contributed by atoms with E-state index in [0.717, 1.165) is 15.4 Å². The third kappa shape index (κ3) is 4.31. The van der Waals surface area contributed by atoms with Crippen LogP contribution < -0.4 is 19.3 Å². The van der Waals surface area contributed by atoms with Crippen molar-refractivity contribution in [3.8, 4) is 17.4 Å². The van der Waals surface area contributed by atoms with E-state index in [1.165, 1.54) is 13.3 Å². The van der Waals surface area contributed by atoms with Crippen LogP contribution in [0.25, 0.3) is 10.8 Å². The average Bonchev–Trinajstić information content (AvgIpc) is 3.11. The fourth-order valence-electron chi connectivity index (χ4n) is 4.25. The minimum Gasteiger partial charge on any atom is -0.495 e. The molecule has 1 aliphatic rings. The Morgan fingerprint density at radius 2 is 1.47 bits per heavy atom. The number of rotatable bonds is 5. The van der Waals surface area contributed by atoms with Crippen LogP contribution in [0.4, 0.5) is 16.2 Å². The highest BCUT2D eigenvalue weighted by atomic mass is 35.5. The fourth-order valence-corrected chi connectivity index (χ4v) is 4.39. The Balaban J connectivity index is 1.59. The highest BCUT2D eigenvalue weighted by Crippen LogP contribution is 2.40. The lowest BCUT2D eigenvalue weighted by Crippen LogP contribution is -2.34. The Morgan fingerprint density at radius 1 is 0.816 bits per heavy atom. The molecule has 4 amide bonds. The summed E-state index contributed by atoms with van der Waals surface area (Å²) < 4.78 is 11.3. The molecule has 5 rings (SSSR count). The molecule has 38 heavy (non-hydrogen) atoms. The number of nitrogens with zero attached hydrogens (tertiary/aromatic N) is 4. The lowest BCUT2D eigenvalue weighted by molar-refractivity contribution is -0.133. The normalized spacial score (nSPS) is 14.0. The predicted molar refractivity (Wildman–Crippen MR) is 143 cm³/mol. The van der Waals surface area contributed by atoms with E-state index in [1.807, 2.05) is 26.8 Å². The highest BCUT2D eigenvalue weighted by molar-refractivity contribution is 6.60. The third-order valence-corrected chi connectivity index (χ3v) is 6.36. The number of carbonyl (C=O) groups is 3. The number of hydrogen-bond acceptors (Lipinski definition) is 7. The van der Waals surface area contributed by atoms with Gasteiger partial charge in [0.1, 0.15) is 11.5 Å². The standard InChI is InChI=1S/C28H23ClN4O5/c1-28(2,3)16-9-11-22(37-4)20(15-16)33-25(35)24(34)32(27(33)36)19-10-12-21(18-8-6-5-7-17(18)19)38-23-13-14-30-26(29)31-23/h5-15H,1-4H3. The van der Waals surface area contributed by atoms with Gasteiger partial charge in [-0.15, -0.1) is 0 Å². The van der Waals surface area contributed by atoms with Gasteiger partial charge in [-0.3, -0.25) is 9.59 Å². The van der Waals surface area contributed by atoms with Gasteiger partial charge in [-0.25, -0.2) is 19.6 Å². The van der Waals surface area contributed by atoms with Crippen molar-refractivity contribution in [1.29, 1.82) is 0 Å². The largest absolute Gasteiger partial charge is 0.495 e. The smallest absolute Gasteiger partial charge is 0.343 e. The van der Waals surface area contributed by atoms with E-state index >= 15 is 0 Å². The number of benzene rings is 3. The Labute approximate surface area is 223 Å². The van der Waals surface area contributed by atoms with Gasteiger partial charge in [0, 0.05) is 23.0 Å². The number of hydrogen-bond donors (Lipinski definition) is 0. The molecule has 0 aliphatic carbocycles. The summed E-state index contributed by atoms with van der Waals surface area (Å²) in [4.78, 5) is 49.8. The summed E-state index contributed by atoms with van der Waals surface area (Å²) in [5, 5.41) is 1.15. The molecule has 0 unspecified atom stereocenters. The van der Waals surface area contributed by atoms with E-state index in [0.29, 0.717) is 22.3 Å². The molecule has 0 N–H and O–H groups in total. The van der Waals surface area contributed by atoms with Gasteiger partial charge in [0.05, 0.1) is 18.5 Å². The topological polar surface area (TPSA) is 102 Å². The van der Waals surface area contributed by atoms with E-state index in [2.05, 4.69) is 9.97 Å². The minimum absolute atomic E-state index is 0.0289. The molecule has 1 aromatic heterocycles. The molecule has 1 fully saturated rings. The Morgan fingerprint density at radius 3 is 2.13 bits per heavy atom. The molecule has 0 spiro atoms. The molecule has 192 valence electrons. The van der Waals surface area contributed by atoms with E-state index in [4.69, 9.17) is 21.1 Å². The van der Waals surface area contributed by atoms with Crippen LogP contribution in [0.3, 0.4) is 0 Å². The number of aromatic nitrogens is 2. The van der Waals surface area contributed by atoms with Crippen LogP contribution in [0.1, 0.15) is 26.3 Å². The van der Waals surface area contributed by atoms with Gasteiger partial charge >= 0.3 is 17.8 Å². The first-order chi connectivity index (χ1) is 18.1. The van der Waals surface area contributed by atoms with Crippen LogP contribution >= 0.6 is 11.6 Å². The van der Waals surface area contributed by atoms with Crippen LogP contribution in [-0.4, -0.2) is 34.9 Å². The predicted octanol–water partition coefficient (Wildman–Crippen LogP) is 5.88. The Kier molecular flexibility index (Phi) is 6.24. The van der Waals surface area contributed by atoms with Crippen molar-refractivity contribution in [2.24, 2.45) is 0 Å². The molecule has 1 saturated heterocycles. The quantitative estimate of drug-likeness (QED) is 0.180. The fraction of sp³-hybridized carbons (Fsp3) is 0.179. The first-order valence-electron chi connectivity index (χ1n) is 11.7. The van der Waals surface area contributed by atoms with Gasteiger partial charge in [-0.05, 0) is 46.8 Å². The van der Waals surface area contributed by atoms with Crippen molar-refractivity contribution in [3.63, 3.8) is 0 Å². The third-order valence-electron chi connectivity index (χ3n) is 6.17. The number of urea groups is 1. The molecule has 0 saturated carbocycles. The van der Waals surface area contributed by atoms with Crippen molar-refractivity contribution in [1.82, 2.24) is 9.97 Å². The zero-order chi connectivity index (χ0) is 27.2. The summed E-state index contributed by atoms with van der Waals surface area (Å²) >= 11 is 5.88. The minimum atomic E-state index is -0.973. The van der Waals surface area contributed by atoms with Gasteiger partial charge in [-0.1, -0.05) is 51.1 Å². The van der Waals surface area contributed by atoms with Crippen molar-refractivity contribution < 1.29 is 23.9 Å². The molecule has 0 atom stereocenters. The lowest BCUT2D eigenvalue weighted by Gasteiger charge is -2.24. The van der Waals surface area contributed by atoms with Gasteiger partial charge in [0.25, 0.3) is 0 Å². The number of halogens is 1. The molecule has 2 heterocycles. The molecule has 1 aliphatic heterocycles. The Hall–Kier alpha value is -4.50. The van der Waals surface area contributed by atoms with Gasteiger partial charge < -0.3 is 9.47 Å². The first kappa shape index (κ1) is 25.2. The van der Waals surface area contributed by atoms with Gasteiger partial charge in [0.2, 0.25) is 11.2 Å². The number of imide groups is 2. The zero-order valence-corrected chi connectivity index (χ0v) is 21.8. The highest BCUT2D eigenvalue weighted by Gasteiger charge is 2.48. The maximum atomic E-state index is 13.7. The second-order valence-corrected chi connectivity index (χ2v) is 9.93. The zero-order valence-electron chi connectivity index (χ0n) is 21.1. The molecule has 4 aromatic rings. The van der Waals surface area contributed by atoms with Crippen LogP contribution in [-0.2, 0) is 15.0 Å². The molecule has 9 nitrogen and oxygen atoms in total. The van der Waals surface area contributed by atoms with Gasteiger partial charge in [0.15, 0.2) is 0 Å². The number of carbonyl (C=O) groups excluding carboxylic acids is 3. The molecule has 10 heteroatoms. The molecule has 0 radical (unpaired) electrons. The van der Waals surface area contributed by atoms with Crippen molar-refractivity contribution in [2.45, 2.75) is 26.2 Å². The number of anilines is 2. The van der Waals surface area contributed by atoms with Crippen molar-refractivity contribution in [3.05, 3.63) is 77.7 Å². The number of ether oxygens (including phenoxy) is 2. The van der Waals surface area contributed by atoms with Crippen molar-refractivity contribution in [2.75, 3.05) is 16.9 Å². The number of methoxy groups -OCH3 is 1. The second-order valence-electron chi connectivity index (χ2n) is 9.59. The first-order valence-corrected chi connectivity index (χ1v) is 12.1. The molecule has 0 bridgehead atoms. The summed E-state index contributed by atoms with van der Waals surface area (Å²) in [6.45, 7) is 6.03. The van der Waals surface area contributed by atoms with E-state index in [-0.39, 0.29) is 28.0 Å². The summed E-state index contributed by atoms with van der Waals surface area (Å²) in [7, 11) is 1.44. The summed E-state index contributed by atoms with van der Waals surface area (Å²) in [5.41, 5.74) is 1.05. The summed E-state index contributed by atoms with van der Waals surface area (Å²) in [6.07, 6.45) is 1.46. The molecule has 3 aromatic carbocycles. The van der Waals surface area contributed by atoms with E-state index in [9.17, 15) is 14.4 Å². The Bertz CT molecular complexity index is 1610. The maximum absolute atomic E-state index is 13.7. The van der Waals surface area contributed by atoms with Crippen LogP contribution in [0.5, 0.6) is 17.4 Å². The van der Waals surface area contributed by atoms with Crippen molar-refractivity contribution >= 4 is 51.6 Å². The van der Waals surface area contributed by atoms with E-state index in [1.54, 1.807) is 54.6 Å². The van der Waals surface area contributed by atoms with Crippen LogP contribution in [0.2, 0.25) is 5.28 Å². The van der Waals surface area contributed by atoms with Crippen LogP contribution in [0, 0.1) is 0 Å². The number of fused-ring (bicyclic) bond motifs is 1. The average molecular weight is 531 g/mol. The van der Waals surface area contributed by atoms with Crippen LogP contribution in [0.15, 0.2) is 66.9 Å². The maximum Gasteiger partial charge on any atom is 0.343 e. The monoisotopic (exact) mass is 530 g/mol. The summed E-state index contributed by atoms with van der Waals surface area (Å²) in [5.74, 6) is -1.00. The molecular weight excluding hydrogens is 508 g/mol. The lowest BCUT2D eigenvalue weighted by atomic mass is 9.86. The second kappa shape index (κ2) is 9.42. The number of amides is 4.